The van der Waals surface area contributed by atoms with Gasteiger partial charge in [0.2, 0.25) is 11.4 Å². The van der Waals surface area contributed by atoms with Crippen LogP contribution in [-0.4, -0.2) is 55.8 Å². The van der Waals surface area contributed by atoms with Gasteiger partial charge in [0.1, 0.15) is 0 Å². The van der Waals surface area contributed by atoms with Crippen molar-refractivity contribution < 1.29 is 29.3 Å². The van der Waals surface area contributed by atoms with E-state index >= 15 is 0 Å². The average molecular weight is 1160 g/mol. The van der Waals surface area contributed by atoms with Crippen LogP contribution < -0.4 is 0 Å². The zero-order valence-corrected chi connectivity index (χ0v) is 55.6. The summed E-state index contributed by atoms with van der Waals surface area (Å²) in [6.45, 7) is 52.3. The first kappa shape index (κ1) is 63.1. The smallest absolute Gasteiger partial charge is 0.355 e. The highest BCUT2D eigenvalue weighted by atomic mass is 32.6. The van der Waals surface area contributed by atoms with Crippen molar-refractivity contribution in [3.05, 3.63) is 46.4 Å². The molecule has 0 aromatic rings. The fourth-order valence-corrected chi connectivity index (χ4v) is 23.8. The largest absolute Gasteiger partial charge is 0.397 e. The molecule has 11 heteroatoms. The maximum Gasteiger partial charge on any atom is 0.355 e. The summed E-state index contributed by atoms with van der Waals surface area (Å²) in [7, 11) is 2.20. The molecule has 11 rings (SSSR count). The van der Waals surface area contributed by atoms with E-state index in [0.717, 1.165) is 56.1 Å². The minimum Gasteiger partial charge on any atom is -0.397 e. The molecule has 448 valence electrons. The van der Waals surface area contributed by atoms with Crippen LogP contribution in [0.1, 0.15) is 226 Å². The minimum atomic E-state index is -0.870. The van der Waals surface area contributed by atoms with E-state index in [4.69, 9.17) is 29.0 Å². The number of carbonyl (C=O) groups excluding carboxylic acids is 2. The SMILES string of the molecule is CCO.[3H][P+](P)=S.[C-]#[N+]C1=C[C@]2(C)[C@H]3CC[C@@H]4[C@H]5[C@H](C(C)C)CC[C@]5(CO)CC[C@@]4(C)[C@]3(C)CC[C@H]2C(C)(C)C1=O.[C-]#[N+]C1=C[C@]2(C)[C@H]3CC[C@@H]4[C@H]5[C@H](C(C)C)CC[C@]5(COC5CCCCO5)CC[C@@]4(C)[C@]3(C)CC[C@H]2C(C)(C)C1=O. The summed E-state index contributed by atoms with van der Waals surface area (Å²) in [5.41, 5.74) is 1.04. The summed E-state index contributed by atoms with van der Waals surface area (Å²) in [4.78, 5) is 34.1. The van der Waals surface area contributed by atoms with Crippen molar-refractivity contribution in [2.75, 3.05) is 26.4 Å². The van der Waals surface area contributed by atoms with Crippen LogP contribution >= 0.6 is 15.9 Å². The fraction of sp³-hybridized carbons (Fsp3) is 0.884. The van der Waals surface area contributed by atoms with Crippen molar-refractivity contribution in [3.63, 3.8) is 0 Å². The van der Waals surface area contributed by atoms with Gasteiger partial charge in [-0.3, -0.25) is 0 Å². The molecule has 1 aliphatic heterocycles. The van der Waals surface area contributed by atoms with Crippen molar-refractivity contribution in [2.45, 2.75) is 232 Å². The Labute approximate surface area is 497 Å². The fourth-order valence-electron chi connectivity index (χ4n) is 23.8. The highest BCUT2D eigenvalue weighted by Gasteiger charge is 2.73. The molecule has 3 unspecified atom stereocenters. The van der Waals surface area contributed by atoms with Gasteiger partial charge in [-0.25, -0.2) is 9.69 Å². The summed E-state index contributed by atoms with van der Waals surface area (Å²) in [5, 5.41) is 18.3. The number of carbonyl (C=O) groups is 2. The number of hydrogen-bond acceptors (Lipinski definition) is 7. The van der Waals surface area contributed by atoms with Crippen molar-refractivity contribution in [3.8, 4) is 0 Å². The number of Topliss-reactive ketones (excluding diaryl/α,β-unsaturated/α-hetero) is 2. The van der Waals surface area contributed by atoms with Crippen LogP contribution in [0.3, 0.4) is 0 Å². The maximum absolute atomic E-state index is 13.3. The molecule has 21 atom stereocenters. The summed E-state index contributed by atoms with van der Waals surface area (Å²) in [6.07, 6.45) is 27.3. The Balaban J connectivity index is 0.000000193. The van der Waals surface area contributed by atoms with Gasteiger partial charge in [0.05, 0.1) is 28.7 Å². The Kier molecular flexibility index (Phi) is 18.4. The molecule has 0 aromatic carbocycles. The molecular formula is C69H111N2O6P2S+. The van der Waals surface area contributed by atoms with Crippen LogP contribution in [-0.2, 0) is 30.9 Å². The molecule has 0 amide bonds. The normalized spacial score (nSPS) is 47.6. The van der Waals surface area contributed by atoms with E-state index in [0.29, 0.717) is 70.8 Å². The van der Waals surface area contributed by atoms with Crippen LogP contribution in [0.25, 0.3) is 9.69 Å². The molecule has 2 N–H and O–H groups in total. The van der Waals surface area contributed by atoms with Crippen LogP contribution in [0.5, 0.6) is 0 Å². The van der Waals surface area contributed by atoms with Crippen LogP contribution in [0.15, 0.2) is 23.5 Å². The highest BCUT2D eigenvalue weighted by Crippen LogP contribution is 2.79. The monoisotopic (exact) mass is 1160 g/mol. The van der Waals surface area contributed by atoms with Crippen LogP contribution in [0, 0.1) is 138 Å². The third-order valence-electron chi connectivity index (χ3n) is 27.9. The number of fused-ring (bicyclic) bond motifs is 14. The molecule has 9 fully saturated rings. The lowest BCUT2D eigenvalue weighted by atomic mass is 9.33. The third kappa shape index (κ3) is 9.77. The van der Waals surface area contributed by atoms with Crippen molar-refractivity contribution in [2.24, 2.45) is 125 Å². The predicted molar refractivity (Wildman–Crippen MR) is 334 cm³/mol. The van der Waals surface area contributed by atoms with E-state index in [2.05, 4.69) is 140 Å². The first-order valence-electron chi connectivity index (χ1n) is 32.7. The van der Waals surface area contributed by atoms with Crippen molar-refractivity contribution in [1.29, 1.82) is 1.28 Å². The summed E-state index contributed by atoms with van der Waals surface area (Å²) in [5.74, 6) is 7.40. The van der Waals surface area contributed by atoms with E-state index in [1.807, 2.05) is 0 Å². The summed E-state index contributed by atoms with van der Waals surface area (Å²) < 4.78 is 19.1. The maximum atomic E-state index is 13.3. The van der Waals surface area contributed by atoms with Gasteiger partial charge in [-0.2, -0.15) is 0 Å². The van der Waals surface area contributed by atoms with Gasteiger partial charge in [-0.15, -0.1) is 0 Å². The lowest BCUT2D eigenvalue weighted by molar-refractivity contribution is -0.238. The quantitative estimate of drug-likeness (QED) is 0.202. The van der Waals surface area contributed by atoms with E-state index in [1.165, 1.54) is 103 Å². The number of nitrogens with zero attached hydrogens (tertiary/aromatic N) is 2. The van der Waals surface area contributed by atoms with Crippen LogP contribution in [0.4, 0.5) is 0 Å². The molecular weight excluding hydrogens is 1050 g/mol. The van der Waals surface area contributed by atoms with Gasteiger partial charge >= 0.3 is 1.28 Å². The molecule has 8 saturated carbocycles. The Bertz CT molecular complexity index is 2530. The average Bonchev–Trinajstić information content (AvgIpc) is 4.07. The third-order valence-corrected chi connectivity index (χ3v) is 27.9. The van der Waals surface area contributed by atoms with Gasteiger partial charge in [0, 0.05) is 30.7 Å². The van der Waals surface area contributed by atoms with Crippen molar-refractivity contribution >= 4 is 39.3 Å². The summed E-state index contributed by atoms with van der Waals surface area (Å²) in [6, 6.07) is 0. The number of aliphatic hydroxyl groups is 2. The van der Waals surface area contributed by atoms with Gasteiger partial charge in [-0.1, -0.05) is 109 Å². The minimum absolute atomic E-state index is 0.000496. The zero-order valence-electron chi connectivity index (χ0n) is 53.8. The molecule has 0 bridgehead atoms. The first-order valence-corrected chi connectivity index (χ1v) is 35.8. The van der Waals surface area contributed by atoms with Gasteiger partial charge in [0.15, 0.2) is 36.7 Å². The second-order valence-electron chi connectivity index (χ2n) is 31.8. The predicted octanol–water partition coefficient (Wildman–Crippen LogP) is 17.1. The second-order valence-corrected chi connectivity index (χ2v) is 34.5. The topological polar surface area (TPSA) is 102 Å². The van der Waals surface area contributed by atoms with Crippen LogP contribution in [0.2, 0.25) is 0 Å². The molecule has 11 aliphatic rings. The number of ether oxygens (including phenoxy) is 2. The lowest BCUT2D eigenvalue weighted by Crippen LogP contribution is -2.66. The van der Waals surface area contributed by atoms with E-state index < -0.39 is 17.8 Å². The second kappa shape index (κ2) is 23.4. The molecule has 0 spiro atoms. The number of rotatable bonds is 6. The molecule has 1 heterocycles. The van der Waals surface area contributed by atoms with E-state index in [-0.39, 0.29) is 62.4 Å². The van der Waals surface area contributed by atoms with E-state index in [9.17, 15) is 14.7 Å². The van der Waals surface area contributed by atoms with Crippen molar-refractivity contribution in [1.82, 2.24) is 0 Å². The first-order chi connectivity index (χ1) is 37.8. The number of aliphatic hydroxyl groups excluding tert-OH is 2. The summed E-state index contributed by atoms with van der Waals surface area (Å²) >= 11 is 4.31. The Morgan fingerprint density at radius 1 is 0.637 bits per heavy atom. The highest BCUT2D eigenvalue weighted by molar-refractivity contribution is 8.24. The Morgan fingerprint density at radius 2 is 1.05 bits per heavy atom. The van der Waals surface area contributed by atoms with E-state index in [1.54, 1.807) is 6.92 Å². The number of hydrogen-bond donors (Lipinski definition) is 2. The Morgan fingerprint density at radius 3 is 1.44 bits per heavy atom. The zero-order chi connectivity index (χ0) is 59.9. The molecule has 10 aliphatic carbocycles. The standard InChI is InChI=1S/C36H55NO3.C31H47NO2.C2H6O.H2P2S/c1-23(2)24-14-17-36(22-40-29-11-9-10-20-39-29)19-18-34(6)25(30(24)36)12-13-28-33(5)21-26(37-8)31(38)32(3,4)27(33)15-16-35(28,34)7;1-19(2)20-11-14-31(18-33)16-15-29(6)21(25(20)31)9-10-24-28(5)17-22(32-8)26(34)27(3,4)23(28)12-13-30(24,29)7;2*1-2-3/h21,23-25,27-30H,9-20,22H2,1-7H3;17,19-21,23-25,33H,9-16,18H2,1-7H3;3H,2H2,1H3;1H2/p+1/t24-,25+,27-,28+,29?,30+,33-,34+,35+,36+;20-,21+,23-,24+,25+,28-,29+,30+,31+;;/m00../s1/i/hT. The lowest BCUT2D eigenvalue weighted by Gasteiger charge is -2.72. The Hall–Kier alpha value is -1.41. The van der Waals surface area contributed by atoms with Gasteiger partial charge < -0.3 is 29.3 Å². The molecule has 0 radical (unpaired) electrons. The molecule has 80 heavy (non-hydrogen) atoms. The van der Waals surface area contributed by atoms with Gasteiger partial charge in [0.25, 0.3) is 0 Å². The molecule has 0 aromatic heterocycles. The molecule has 8 nitrogen and oxygen atoms in total. The number of allylic oxidation sites excluding steroid dienone is 4. The molecule has 1 saturated heterocycles. The number of ketones is 2. The van der Waals surface area contributed by atoms with Gasteiger partial charge in [-0.05, 0) is 243 Å².